The molecule has 0 atom stereocenters. The van der Waals surface area contributed by atoms with Crippen molar-refractivity contribution in [3.05, 3.63) is 11.9 Å². The number of nitrogen functional groups attached to an aromatic ring is 1. The van der Waals surface area contributed by atoms with Crippen molar-refractivity contribution in [1.82, 2.24) is 9.78 Å². The van der Waals surface area contributed by atoms with Gasteiger partial charge in [0.25, 0.3) is 0 Å². The lowest BCUT2D eigenvalue weighted by Crippen LogP contribution is -2.21. The molecule has 1 aromatic heterocycles. The summed E-state index contributed by atoms with van der Waals surface area (Å²) in [6, 6.07) is 0. The minimum Gasteiger partial charge on any atom is -0.396 e. The summed E-state index contributed by atoms with van der Waals surface area (Å²) in [5.74, 6) is 0. The predicted octanol–water partition coefficient (Wildman–Crippen LogP) is 1.55. The minimum atomic E-state index is -0.144. The van der Waals surface area contributed by atoms with E-state index in [1.807, 2.05) is 27.7 Å². The highest BCUT2D eigenvalue weighted by Gasteiger charge is 2.10. The van der Waals surface area contributed by atoms with Crippen LogP contribution in [0.1, 0.15) is 26.5 Å². The highest BCUT2D eigenvalue weighted by Crippen LogP contribution is 2.10. The molecular formula is C9H17N3O. The van der Waals surface area contributed by atoms with Gasteiger partial charge in [0, 0.05) is 0 Å². The van der Waals surface area contributed by atoms with Gasteiger partial charge < -0.3 is 10.5 Å². The van der Waals surface area contributed by atoms with Crippen molar-refractivity contribution in [3.8, 4) is 0 Å². The highest BCUT2D eigenvalue weighted by atomic mass is 16.5. The Hall–Kier alpha value is -1.03. The molecule has 1 heterocycles. The number of aromatic nitrogens is 2. The van der Waals surface area contributed by atoms with Gasteiger partial charge in [-0.25, -0.2) is 4.68 Å². The van der Waals surface area contributed by atoms with Crippen molar-refractivity contribution in [1.29, 1.82) is 0 Å². The number of hydrogen-bond acceptors (Lipinski definition) is 3. The molecule has 4 nitrogen and oxygen atoms in total. The number of hydrogen-bond donors (Lipinski definition) is 1. The van der Waals surface area contributed by atoms with Crippen LogP contribution in [0, 0.1) is 6.92 Å². The van der Waals surface area contributed by atoms with Crippen LogP contribution in [0.2, 0.25) is 0 Å². The van der Waals surface area contributed by atoms with Gasteiger partial charge in [-0.1, -0.05) is 0 Å². The maximum absolute atomic E-state index is 5.64. The summed E-state index contributed by atoms with van der Waals surface area (Å²) in [6.45, 7) is 8.34. The highest BCUT2D eigenvalue weighted by molar-refractivity contribution is 5.39. The molecule has 0 amide bonds. The Balaban J connectivity index is 2.56. The van der Waals surface area contributed by atoms with Crippen molar-refractivity contribution >= 4 is 5.69 Å². The Morgan fingerprint density at radius 3 is 2.54 bits per heavy atom. The molecular weight excluding hydrogens is 166 g/mol. The zero-order valence-corrected chi connectivity index (χ0v) is 8.66. The molecule has 0 saturated carbocycles. The Morgan fingerprint density at radius 1 is 1.54 bits per heavy atom. The second-order valence-electron chi connectivity index (χ2n) is 4.10. The first kappa shape index (κ1) is 10.1. The van der Waals surface area contributed by atoms with E-state index in [0.29, 0.717) is 12.4 Å². The maximum Gasteiger partial charge on any atom is 0.140 e. The molecule has 0 bridgehead atoms. The van der Waals surface area contributed by atoms with Crippen molar-refractivity contribution in [2.45, 2.75) is 40.0 Å². The fourth-order valence-corrected chi connectivity index (χ4v) is 0.859. The number of aryl methyl sites for hydroxylation is 1. The first-order chi connectivity index (χ1) is 5.88. The van der Waals surface area contributed by atoms with Crippen LogP contribution in [-0.4, -0.2) is 15.4 Å². The van der Waals surface area contributed by atoms with Gasteiger partial charge in [-0.2, -0.15) is 5.10 Å². The molecule has 0 unspecified atom stereocenters. The lowest BCUT2D eigenvalue weighted by Gasteiger charge is -2.19. The number of rotatable bonds is 2. The predicted molar refractivity (Wildman–Crippen MR) is 52.2 cm³/mol. The van der Waals surface area contributed by atoms with E-state index in [1.54, 1.807) is 10.9 Å². The van der Waals surface area contributed by atoms with Gasteiger partial charge in [0.15, 0.2) is 0 Å². The second kappa shape index (κ2) is 3.38. The van der Waals surface area contributed by atoms with E-state index in [9.17, 15) is 0 Å². The zero-order chi connectivity index (χ0) is 10.1. The molecule has 0 aliphatic heterocycles. The molecule has 0 aromatic carbocycles. The van der Waals surface area contributed by atoms with E-state index in [1.165, 1.54) is 0 Å². The molecule has 1 aromatic rings. The van der Waals surface area contributed by atoms with Gasteiger partial charge in [-0.3, -0.25) is 0 Å². The number of ether oxygens (including phenoxy) is 1. The summed E-state index contributed by atoms with van der Waals surface area (Å²) in [6.07, 6.45) is 1.78. The normalized spacial score (nSPS) is 12.0. The zero-order valence-electron chi connectivity index (χ0n) is 8.66. The largest absolute Gasteiger partial charge is 0.396 e. The lowest BCUT2D eigenvalue weighted by atomic mass is 10.2. The summed E-state index contributed by atoms with van der Waals surface area (Å²) >= 11 is 0. The molecule has 1 rings (SSSR count). The SMILES string of the molecule is Cc1nn(COC(C)(C)C)cc1N. The molecule has 13 heavy (non-hydrogen) atoms. The van der Waals surface area contributed by atoms with E-state index in [0.717, 1.165) is 5.69 Å². The number of nitrogens with zero attached hydrogens (tertiary/aromatic N) is 2. The van der Waals surface area contributed by atoms with Crippen molar-refractivity contribution in [3.63, 3.8) is 0 Å². The monoisotopic (exact) mass is 183 g/mol. The van der Waals surface area contributed by atoms with E-state index < -0.39 is 0 Å². The first-order valence-corrected chi connectivity index (χ1v) is 4.32. The maximum atomic E-state index is 5.64. The smallest absolute Gasteiger partial charge is 0.140 e. The van der Waals surface area contributed by atoms with Gasteiger partial charge in [0.1, 0.15) is 6.73 Å². The van der Waals surface area contributed by atoms with Gasteiger partial charge in [-0.05, 0) is 27.7 Å². The summed E-state index contributed by atoms with van der Waals surface area (Å²) in [7, 11) is 0. The molecule has 4 heteroatoms. The third-order valence-corrected chi connectivity index (χ3v) is 1.61. The summed E-state index contributed by atoms with van der Waals surface area (Å²) in [5.41, 5.74) is 7.05. The van der Waals surface area contributed by atoms with Gasteiger partial charge in [0.2, 0.25) is 0 Å². The van der Waals surface area contributed by atoms with Crippen molar-refractivity contribution < 1.29 is 4.74 Å². The molecule has 0 aliphatic rings. The first-order valence-electron chi connectivity index (χ1n) is 4.32. The Kier molecular flexibility index (Phi) is 2.61. The number of anilines is 1. The average Bonchev–Trinajstić information content (AvgIpc) is 2.27. The molecule has 0 radical (unpaired) electrons. The Morgan fingerprint density at radius 2 is 2.15 bits per heavy atom. The van der Waals surface area contributed by atoms with Gasteiger partial charge in [0.05, 0.1) is 23.2 Å². The fourth-order valence-electron chi connectivity index (χ4n) is 0.859. The second-order valence-corrected chi connectivity index (χ2v) is 4.10. The van der Waals surface area contributed by atoms with Crippen LogP contribution in [0.25, 0.3) is 0 Å². The van der Waals surface area contributed by atoms with Crippen LogP contribution in [-0.2, 0) is 11.5 Å². The van der Waals surface area contributed by atoms with Crippen LogP contribution >= 0.6 is 0 Å². The van der Waals surface area contributed by atoms with Crippen LogP contribution in [0.4, 0.5) is 5.69 Å². The quantitative estimate of drug-likeness (QED) is 0.756. The number of nitrogens with two attached hydrogens (primary N) is 1. The van der Waals surface area contributed by atoms with E-state index in [4.69, 9.17) is 10.5 Å². The molecule has 0 saturated heterocycles. The molecule has 2 N–H and O–H groups in total. The molecule has 0 fully saturated rings. The van der Waals surface area contributed by atoms with Crippen molar-refractivity contribution in [2.75, 3.05) is 5.73 Å². The van der Waals surface area contributed by atoms with Crippen LogP contribution in [0.15, 0.2) is 6.20 Å². The van der Waals surface area contributed by atoms with E-state index in [-0.39, 0.29) is 5.60 Å². The van der Waals surface area contributed by atoms with E-state index >= 15 is 0 Å². The summed E-state index contributed by atoms with van der Waals surface area (Å²) in [4.78, 5) is 0. The standard InChI is InChI=1S/C9H17N3O/c1-7-8(10)5-12(11-7)6-13-9(2,3)4/h5H,6,10H2,1-4H3. The molecule has 0 spiro atoms. The minimum absolute atomic E-state index is 0.144. The van der Waals surface area contributed by atoms with Crippen LogP contribution in [0.5, 0.6) is 0 Å². The summed E-state index contributed by atoms with van der Waals surface area (Å²) in [5, 5.41) is 4.18. The summed E-state index contributed by atoms with van der Waals surface area (Å²) < 4.78 is 7.23. The molecule has 0 aliphatic carbocycles. The fraction of sp³-hybridized carbons (Fsp3) is 0.667. The topological polar surface area (TPSA) is 53.1 Å². The average molecular weight is 183 g/mol. The van der Waals surface area contributed by atoms with Crippen LogP contribution < -0.4 is 5.73 Å². The van der Waals surface area contributed by atoms with Gasteiger partial charge in [-0.15, -0.1) is 0 Å². The third kappa shape index (κ3) is 3.06. The van der Waals surface area contributed by atoms with E-state index in [2.05, 4.69) is 5.10 Å². The lowest BCUT2D eigenvalue weighted by molar-refractivity contribution is -0.0480. The van der Waals surface area contributed by atoms with Gasteiger partial charge >= 0.3 is 0 Å². The Labute approximate surface area is 78.7 Å². The Bertz CT molecular complexity index is 266. The van der Waals surface area contributed by atoms with Crippen molar-refractivity contribution in [2.24, 2.45) is 0 Å². The van der Waals surface area contributed by atoms with Crippen LogP contribution in [0.3, 0.4) is 0 Å². The third-order valence-electron chi connectivity index (χ3n) is 1.61. The molecule has 74 valence electrons.